The molecule has 0 atom stereocenters. The summed E-state index contributed by atoms with van der Waals surface area (Å²) in [7, 11) is 0. The molecule has 0 aliphatic rings. The van der Waals surface area contributed by atoms with Gasteiger partial charge in [0.15, 0.2) is 11.5 Å². The standard InChI is InChI=1S/C16H13N3O4/c1-10-17-14-7-4-12(9-15(14)23-10)18-16(20)8-11-2-5-13(6-3-11)19(21)22/h2-7,9H,8H2,1H3,(H,18,20). The number of fused-ring (bicyclic) bond motifs is 1. The lowest BCUT2D eigenvalue weighted by Crippen LogP contribution is -2.14. The van der Waals surface area contributed by atoms with E-state index < -0.39 is 4.92 Å². The Morgan fingerprint density at radius 3 is 2.70 bits per heavy atom. The Balaban J connectivity index is 1.69. The lowest BCUT2D eigenvalue weighted by atomic mass is 10.1. The van der Waals surface area contributed by atoms with Crippen LogP contribution in [0.2, 0.25) is 0 Å². The summed E-state index contributed by atoms with van der Waals surface area (Å²) in [5, 5.41) is 13.4. The molecule has 0 unspecified atom stereocenters. The number of rotatable bonds is 4. The first-order valence-corrected chi connectivity index (χ1v) is 6.91. The van der Waals surface area contributed by atoms with Gasteiger partial charge in [0.1, 0.15) is 5.52 Å². The van der Waals surface area contributed by atoms with Crippen molar-refractivity contribution in [1.29, 1.82) is 0 Å². The highest BCUT2D eigenvalue weighted by Gasteiger charge is 2.09. The summed E-state index contributed by atoms with van der Waals surface area (Å²) in [6.07, 6.45) is 0.130. The van der Waals surface area contributed by atoms with Crippen molar-refractivity contribution in [3.8, 4) is 0 Å². The van der Waals surface area contributed by atoms with Crippen LogP contribution in [-0.2, 0) is 11.2 Å². The number of nitro benzene ring substituents is 1. The molecule has 0 aliphatic heterocycles. The van der Waals surface area contributed by atoms with Gasteiger partial charge in [0.25, 0.3) is 5.69 Å². The molecule has 1 N–H and O–H groups in total. The first kappa shape index (κ1) is 14.7. The molecule has 0 bridgehead atoms. The number of nitrogens with zero attached hydrogens (tertiary/aromatic N) is 2. The fourth-order valence-electron chi connectivity index (χ4n) is 2.24. The summed E-state index contributed by atoms with van der Waals surface area (Å²) >= 11 is 0. The Hall–Kier alpha value is -3.22. The summed E-state index contributed by atoms with van der Waals surface area (Å²) in [6, 6.07) is 11.1. The molecule has 0 radical (unpaired) electrons. The molecule has 1 amide bonds. The normalized spacial score (nSPS) is 10.7. The van der Waals surface area contributed by atoms with Crippen molar-refractivity contribution in [3.63, 3.8) is 0 Å². The van der Waals surface area contributed by atoms with Gasteiger partial charge in [0, 0.05) is 30.8 Å². The van der Waals surface area contributed by atoms with Crippen LogP contribution in [0.4, 0.5) is 11.4 Å². The minimum Gasteiger partial charge on any atom is -0.441 e. The largest absolute Gasteiger partial charge is 0.441 e. The zero-order valence-corrected chi connectivity index (χ0v) is 12.3. The monoisotopic (exact) mass is 311 g/mol. The number of aryl methyl sites for hydroxylation is 1. The number of carbonyl (C=O) groups is 1. The second-order valence-corrected chi connectivity index (χ2v) is 5.06. The number of nitrogens with one attached hydrogen (secondary N) is 1. The summed E-state index contributed by atoms with van der Waals surface area (Å²) in [4.78, 5) is 26.4. The number of carbonyl (C=O) groups excluding carboxylic acids is 1. The molecule has 0 saturated carbocycles. The fraction of sp³-hybridized carbons (Fsp3) is 0.125. The predicted molar refractivity (Wildman–Crippen MR) is 84.2 cm³/mol. The highest BCUT2D eigenvalue weighted by atomic mass is 16.6. The lowest BCUT2D eigenvalue weighted by Gasteiger charge is -2.05. The molecule has 7 nitrogen and oxygen atoms in total. The van der Waals surface area contributed by atoms with Crippen LogP contribution < -0.4 is 5.32 Å². The van der Waals surface area contributed by atoms with E-state index in [0.717, 1.165) is 5.52 Å². The molecule has 1 aromatic heterocycles. The van der Waals surface area contributed by atoms with E-state index in [1.165, 1.54) is 12.1 Å². The molecule has 0 aliphatic carbocycles. The quantitative estimate of drug-likeness (QED) is 0.589. The molecule has 0 fully saturated rings. The Kier molecular flexibility index (Phi) is 3.76. The number of benzene rings is 2. The van der Waals surface area contributed by atoms with Crippen molar-refractivity contribution in [1.82, 2.24) is 4.98 Å². The van der Waals surface area contributed by atoms with Gasteiger partial charge in [0.05, 0.1) is 11.3 Å². The Bertz CT molecular complexity index is 884. The minimum absolute atomic E-state index is 0.000277. The second-order valence-electron chi connectivity index (χ2n) is 5.06. The number of nitro groups is 1. The Morgan fingerprint density at radius 2 is 2.00 bits per heavy atom. The van der Waals surface area contributed by atoms with Crippen LogP contribution in [0.25, 0.3) is 11.1 Å². The van der Waals surface area contributed by atoms with Gasteiger partial charge in [-0.05, 0) is 17.7 Å². The number of hydrogen-bond donors (Lipinski definition) is 1. The van der Waals surface area contributed by atoms with Crippen LogP contribution in [0, 0.1) is 17.0 Å². The highest BCUT2D eigenvalue weighted by Crippen LogP contribution is 2.20. The molecule has 2 aromatic carbocycles. The summed E-state index contributed by atoms with van der Waals surface area (Å²) < 4.78 is 5.42. The van der Waals surface area contributed by atoms with Gasteiger partial charge in [-0.2, -0.15) is 0 Å². The van der Waals surface area contributed by atoms with Crippen molar-refractivity contribution in [3.05, 3.63) is 64.0 Å². The van der Waals surface area contributed by atoms with Crippen LogP contribution in [0.3, 0.4) is 0 Å². The van der Waals surface area contributed by atoms with Gasteiger partial charge in [-0.3, -0.25) is 14.9 Å². The van der Waals surface area contributed by atoms with E-state index in [1.807, 2.05) is 0 Å². The zero-order valence-electron chi connectivity index (χ0n) is 12.3. The topological polar surface area (TPSA) is 98.3 Å². The Labute approximate surface area is 131 Å². The van der Waals surface area contributed by atoms with E-state index >= 15 is 0 Å². The van der Waals surface area contributed by atoms with Crippen molar-refractivity contribution in [2.75, 3.05) is 5.32 Å². The number of anilines is 1. The van der Waals surface area contributed by atoms with E-state index in [4.69, 9.17) is 4.42 Å². The average Bonchev–Trinajstić information content (AvgIpc) is 2.87. The number of non-ortho nitro benzene ring substituents is 1. The molecule has 3 aromatic rings. The van der Waals surface area contributed by atoms with E-state index in [9.17, 15) is 14.9 Å². The summed E-state index contributed by atoms with van der Waals surface area (Å²) in [6.45, 7) is 1.76. The Morgan fingerprint density at radius 1 is 1.26 bits per heavy atom. The molecule has 7 heteroatoms. The third-order valence-electron chi connectivity index (χ3n) is 3.29. The molecule has 1 heterocycles. The fourth-order valence-corrected chi connectivity index (χ4v) is 2.24. The molecular formula is C16H13N3O4. The van der Waals surface area contributed by atoms with E-state index in [0.29, 0.717) is 22.7 Å². The predicted octanol–water partition coefficient (Wildman–Crippen LogP) is 3.23. The number of hydrogen-bond acceptors (Lipinski definition) is 5. The van der Waals surface area contributed by atoms with Gasteiger partial charge < -0.3 is 9.73 Å². The molecule has 23 heavy (non-hydrogen) atoms. The van der Waals surface area contributed by atoms with E-state index in [-0.39, 0.29) is 18.0 Å². The molecule has 3 rings (SSSR count). The average molecular weight is 311 g/mol. The van der Waals surface area contributed by atoms with Gasteiger partial charge in [0.2, 0.25) is 5.91 Å². The van der Waals surface area contributed by atoms with Crippen LogP contribution >= 0.6 is 0 Å². The van der Waals surface area contributed by atoms with Crippen molar-refractivity contribution < 1.29 is 14.1 Å². The molecule has 116 valence electrons. The van der Waals surface area contributed by atoms with Crippen molar-refractivity contribution >= 4 is 28.4 Å². The maximum Gasteiger partial charge on any atom is 0.269 e. The second kappa shape index (κ2) is 5.88. The van der Waals surface area contributed by atoms with E-state index in [2.05, 4.69) is 10.3 Å². The number of amides is 1. The SMILES string of the molecule is Cc1nc2ccc(NC(=O)Cc3ccc([N+](=O)[O-])cc3)cc2o1. The first-order valence-electron chi connectivity index (χ1n) is 6.91. The third-order valence-corrected chi connectivity index (χ3v) is 3.29. The van der Waals surface area contributed by atoms with Crippen LogP contribution in [0.15, 0.2) is 46.9 Å². The van der Waals surface area contributed by atoms with E-state index in [1.54, 1.807) is 37.3 Å². The summed E-state index contributed by atoms with van der Waals surface area (Å²) in [5.41, 5.74) is 2.65. The highest BCUT2D eigenvalue weighted by molar-refractivity contribution is 5.94. The van der Waals surface area contributed by atoms with Crippen LogP contribution in [0.1, 0.15) is 11.5 Å². The van der Waals surface area contributed by atoms with Gasteiger partial charge in [-0.25, -0.2) is 4.98 Å². The number of aromatic nitrogens is 1. The lowest BCUT2D eigenvalue weighted by molar-refractivity contribution is -0.384. The third kappa shape index (κ3) is 3.34. The van der Waals surface area contributed by atoms with Gasteiger partial charge in [-0.1, -0.05) is 12.1 Å². The summed E-state index contributed by atoms with van der Waals surface area (Å²) in [5.74, 6) is 0.351. The van der Waals surface area contributed by atoms with Crippen molar-refractivity contribution in [2.45, 2.75) is 13.3 Å². The van der Waals surface area contributed by atoms with Crippen LogP contribution in [0.5, 0.6) is 0 Å². The molecular weight excluding hydrogens is 298 g/mol. The van der Waals surface area contributed by atoms with Crippen molar-refractivity contribution in [2.24, 2.45) is 0 Å². The van der Waals surface area contributed by atoms with Gasteiger partial charge >= 0.3 is 0 Å². The van der Waals surface area contributed by atoms with Crippen LogP contribution in [-0.4, -0.2) is 15.8 Å². The maximum absolute atomic E-state index is 12.1. The number of oxazole rings is 1. The first-order chi connectivity index (χ1) is 11.0. The smallest absolute Gasteiger partial charge is 0.269 e. The molecule has 0 saturated heterocycles. The molecule has 0 spiro atoms. The maximum atomic E-state index is 12.1. The minimum atomic E-state index is -0.474. The van der Waals surface area contributed by atoms with Gasteiger partial charge in [-0.15, -0.1) is 0 Å². The zero-order chi connectivity index (χ0) is 16.4.